The molecule has 1 N–H and O–H groups in total. The van der Waals surface area contributed by atoms with E-state index in [1.54, 1.807) is 0 Å². The Kier molecular flexibility index (Phi) is 8.26. The van der Waals surface area contributed by atoms with E-state index in [2.05, 4.69) is 46.1 Å². The van der Waals surface area contributed by atoms with Crippen LogP contribution in [0.5, 0.6) is 0 Å². The molecule has 0 radical (unpaired) electrons. The number of aromatic nitrogens is 3. The Morgan fingerprint density at radius 3 is 2.65 bits per heavy atom. The summed E-state index contributed by atoms with van der Waals surface area (Å²) in [6.07, 6.45) is 0.192. The van der Waals surface area contributed by atoms with Crippen LogP contribution in [0.3, 0.4) is 0 Å². The van der Waals surface area contributed by atoms with Crippen LogP contribution in [-0.4, -0.2) is 32.5 Å². The van der Waals surface area contributed by atoms with E-state index < -0.39 is 0 Å². The van der Waals surface area contributed by atoms with Crippen molar-refractivity contribution in [2.24, 2.45) is 0 Å². The first kappa shape index (κ1) is 23.0. The molecule has 7 heteroatoms. The number of hydrogen-bond acceptors (Lipinski definition) is 5. The molecule has 0 fully saturated rings. The number of benzene rings is 2. The quantitative estimate of drug-likeness (QED) is 0.468. The summed E-state index contributed by atoms with van der Waals surface area (Å²) < 4.78 is 7.71. The SMILES string of the molecule is CCn1c(SCC(=O)NCc2cccc(COC(C)C)c2)nnc1-c1ccccc1C. The standard InChI is InChI=1S/C24H30N4O2S/c1-5-28-23(21-12-7-6-9-18(21)4)26-27-24(28)31-16-22(29)25-14-19-10-8-11-20(13-19)15-30-17(2)3/h6-13,17H,5,14-16H2,1-4H3,(H,25,29). The zero-order valence-electron chi connectivity index (χ0n) is 18.6. The number of nitrogens with zero attached hydrogens (tertiary/aromatic N) is 3. The van der Waals surface area contributed by atoms with Gasteiger partial charge in [0.05, 0.1) is 18.5 Å². The first-order chi connectivity index (χ1) is 15.0. The lowest BCUT2D eigenvalue weighted by Crippen LogP contribution is -2.24. The first-order valence-electron chi connectivity index (χ1n) is 10.6. The molecule has 0 bridgehead atoms. The van der Waals surface area contributed by atoms with Crippen molar-refractivity contribution in [1.29, 1.82) is 0 Å². The molecule has 164 valence electrons. The Labute approximate surface area is 188 Å². The Morgan fingerprint density at radius 2 is 1.90 bits per heavy atom. The number of aryl methyl sites for hydroxylation is 1. The maximum atomic E-state index is 12.4. The van der Waals surface area contributed by atoms with E-state index in [0.29, 0.717) is 18.9 Å². The van der Waals surface area contributed by atoms with Gasteiger partial charge in [0.1, 0.15) is 0 Å². The van der Waals surface area contributed by atoms with E-state index in [-0.39, 0.29) is 12.0 Å². The van der Waals surface area contributed by atoms with Crippen LogP contribution in [0.2, 0.25) is 0 Å². The Hall–Kier alpha value is -2.64. The summed E-state index contributed by atoms with van der Waals surface area (Å²) in [5.74, 6) is 1.10. The number of rotatable bonds is 10. The molecule has 0 unspecified atom stereocenters. The van der Waals surface area contributed by atoms with Crippen LogP contribution in [0.1, 0.15) is 37.5 Å². The number of hydrogen-bond donors (Lipinski definition) is 1. The second kappa shape index (κ2) is 11.1. The molecule has 0 aliphatic carbocycles. The number of carbonyl (C=O) groups is 1. The number of ether oxygens (including phenoxy) is 1. The van der Waals surface area contributed by atoms with Crippen molar-refractivity contribution in [1.82, 2.24) is 20.1 Å². The third-order valence-electron chi connectivity index (χ3n) is 4.82. The third kappa shape index (κ3) is 6.42. The van der Waals surface area contributed by atoms with E-state index in [4.69, 9.17) is 4.74 Å². The smallest absolute Gasteiger partial charge is 0.230 e. The molecule has 0 spiro atoms. The van der Waals surface area contributed by atoms with Crippen molar-refractivity contribution in [2.45, 2.75) is 58.7 Å². The summed E-state index contributed by atoms with van der Waals surface area (Å²) in [5.41, 5.74) is 4.38. The molecule has 3 aromatic rings. The fraction of sp³-hybridized carbons (Fsp3) is 0.375. The summed E-state index contributed by atoms with van der Waals surface area (Å²) in [7, 11) is 0. The van der Waals surface area contributed by atoms with E-state index >= 15 is 0 Å². The monoisotopic (exact) mass is 438 g/mol. The number of thioether (sulfide) groups is 1. The van der Waals surface area contributed by atoms with E-state index in [1.165, 1.54) is 11.8 Å². The van der Waals surface area contributed by atoms with Gasteiger partial charge in [0.15, 0.2) is 11.0 Å². The fourth-order valence-corrected chi connectivity index (χ4v) is 4.01. The number of carbonyl (C=O) groups excluding carboxylic acids is 1. The lowest BCUT2D eigenvalue weighted by Gasteiger charge is -2.10. The molecule has 0 aliphatic heterocycles. The molecular weight excluding hydrogens is 408 g/mol. The molecule has 1 aromatic heterocycles. The third-order valence-corrected chi connectivity index (χ3v) is 5.78. The van der Waals surface area contributed by atoms with E-state index in [0.717, 1.165) is 39.8 Å². The summed E-state index contributed by atoms with van der Waals surface area (Å²) in [5, 5.41) is 12.4. The highest BCUT2D eigenvalue weighted by Gasteiger charge is 2.15. The molecule has 0 saturated carbocycles. The maximum absolute atomic E-state index is 12.4. The molecule has 1 heterocycles. The van der Waals surface area contributed by atoms with Crippen molar-refractivity contribution < 1.29 is 9.53 Å². The summed E-state index contributed by atoms with van der Waals surface area (Å²) in [6, 6.07) is 16.2. The van der Waals surface area contributed by atoms with Gasteiger partial charge in [0, 0.05) is 18.7 Å². The highest BCUT2D eigenvalue weighted by Crippen LogP contribution is 2.26. The van der Waals surface area contributed by atoms with Crippen molar-refractivity contribution in [3.05, 3.63) is 65.2 Å². The summed E-state index contributed by atoms with van der Waals surface area (Å²) >= 11 is 1.41. The average molecular weight is 439 g/mol. The molecule has 3 rings (SSSR count). The van der Waals surface area contributed by atoms with Gasteiger partial charge in [-0.3, -0.25) is 4.79 Å². The number of amides is 1. The Bertz CT molecular complexity index is 1020. The van der Waals surface area contributed by atoms with Gasteiger partial charge in [0.25, 0.3) is 0 Å². The van der Waals surface area contributed by atoms with Crippen LogP contribution < -0.4 is 5.32 Å². The van der Waals surface area contributed by atoms with Crippen molar-refractivity contribution in [2.75, 3.05) is 5.75 Å². The zero-order valence-corrected chi connectivity index (χ0v) is 19.4. The highest BCUT2D eigenvalue weighted by atomic mass is 32.2. The minimum atomic E-state index is -0.0306. The zero-order chi connectivity index (χ0) is 22.2. The highest BCUT2D eigenvalue weighted by molar-refractivity contribution is 7.99. The molecular formula is C24H30N4O2S. The van der Waals surface area contributed by atoms with E-state index in [9.17, 15) is 4.79 Å². The normalized spacial score (nSPS) is 11.1. The van der Waals surface area contributed by atoms with Gasteiger partial charge in [-0.15, -0.1) is 10.2 Å². The van der Waals surface area contributed by atoms with Crippen LogP contribution in [-0.2, 0) is 29.2 Å². The Balaban J connectivity index is 1.56. The van der Waals surface area contributed by atoms with Gasteiger partial charge in [-0.05, 0) is 44.4 Å². The molecule has 6 nitrogen and oxygen atoms in total. The van der Waals surface area contributed by atoms with Crippen molar-refractivity contribution in [3.8, 4) is 11.4 Å². The summed E-state index contributed by atoms with van der Waals surface area (Å²) in [4.78, 5) is 12.4. The molecule has 1 amide bonds. The molecule has 2 aromatic carbocycles. The Morgan fingerprint density at radius 1 is 1.13 bits per heavy atom. The predicted octanol–water partition coefficient (Wildman–Crippen LogP) is 4.61. The number of nitrogens with one attached hydrogen (secondary N) is 1. The summed E-state index contributed by atoms with van der Waals surface area (Å²) in [6.45, 7) is 9.97. The van der Waals surface area contributed by atoms with Crippen LogP contribution in [0, 0.1) is 6.92 Å². The topological polar surface area (TPSA) is 69.0 Å². The first-order valence-corrected chi connectivity index (χ1v) is 11.5. The van der Waals surface area contributed by atoms with Crippen LogP contribution in [0.4, 0.5) is 0 Å². The molecule has 0 saturated heterocycles. The van der Waals surface area contributed by atoms with Crippen LogP contribution in [0.25, 0.3) is 11.4 Å². The van der Waals surface area contributed by atoms with Gasteiger partial charge in [0.2, 0.25) is 5.91 Å². The van der Waals surface area contributed by atoms with Crippen molar-refractivity contribution >= 4 is 17.7 Å². The second-order valence-corrected chi connectivity index (χ2v) is 8.55. The predicted molar refractivity (Wildman–Crippen MR) is 125 cm³/mol. The van der Waals surface area contributed by atoms with Crippen LogP contribution in [0.15, 0.2) is 53.7 Å². The van der Waals surface area contributed by atoms with Crippen LogP contribution >= 0.6 is 11.8 Å². The fourth-order valence-electron chi connectivity index (χ4n) is 3.18. The largest absolute Gasteiger partial charge is 0.374 e. The van der Waals surface area contributed by atoms with E-state index in [1.807, 2.05) is 50.2 Å². The molecule has 0 atom stereocenters. The van der Waals surface area contributed by atoms with Crippen molar-refractivity contribution in [3.63, 3.8) is 0 Å². The average Bonchev–Trinajstić information content (AvgIpc) is 3.18. The minimum absolute atomic E-state index is 0.0306. The second-order valence-electron chi connectivity index (χ2n) is 7.61. The lowest BCUT2D eigenvalue weighted by molar-refractivity contribution is -0.118. The van der Waals surface area contributed by atoms with Gasteiger partial charge >= 0.3 is 0 Å². The van der Waals surface area contributed by atoms with Gasteiger partial charge < -0.3 is 14.6 Å². The maximum Gasteiger partial charge on any atom is 0.230 e. The van der Waals surface area contributed by atoms with Gasteiger partial charge in [-0.1, -0.05) is 60.3 Å². The van der Waals surface area contributed by atoms with Gasteiger partial charge in [-0.2, -0.15) is 0 Å². The molecule has 0 aliphatic rings. The lowest BCUT2D eigenvalue weighted by atomic mass is 10.1. The molecule has 31 heavy (non-hydrogen) atoms. The minimum Gasteiger partial charge on any atom is -0.374 e. The van der Waals surface area contributed by atoms with Gasteiger partial charge in [-0.25, -0.2) is 0 Å².